The van der Waals surface area contributed by atoms with E-state index in [4.69, 9.17) is 5.21 Å². The number of nitrogens with zero attached hydrogens (tertiary/aromatic N) is 2. The Morgan fingerprint density at radius 2 is 1.76 bits per heavy atom. The topological polar surface area (TPSA) is 72.9 Å². The summed E-state index contributed by atoms with van der Waals surface area (Å²) in [7, 11) is 0. The van der Waals surface area contributed by atoms with Crippen LogP contribution in [0.4, 0.5) is 24.5 Å². The van der Waals surface area contributed by atoms with Crippen LogP contribution in [-0.4, -0.2) is 36.7 Å². The summed E-state index contributed by atoms with van der Waals surface area (Å²) in [6, 6.07) is 11.7. The maximum Gasteiger partial charge on any atom is 0.416 e. The Morgan fingerprint density at radius 3 is 2.38 bits per heavy atom. The first kappa shape index (κ1) is 20.4. The van der Waals surface area contributed by atoms with Gasteiger partial charge in [-0.05, 0) is 42.0 Å². The maximum absolute atomic E-state index is 12.7. The van der Waals surface area contributed by atoms with Gasteiger partial charge in [0.25, 0.3) is 5.91 Å². The van der Waals surface area contributed by atoms with Crippen LogP contribution < -0.4 is 15.3 Å². The fourth-order valence-corrected chi connectivity index (χ4v) is 3.09. The van der Waals surface area contributed by atoms with Gasteiger partial charge in [0, 0.05) is 24.9 Å². The quantitative estimate of drug-likeness (QED) is 0.466. The zero-order chi connectivity index (χ0) is 21.0. The number of halogens is 3. The minimum Gasteiger partial charge on any atom is -0.360 e. The number of carbonyl (C=O) groups is 2. The summed E-state index contributed by atoms with van der Waals surface area (Å²) < 4.78 is 38.2. The van der Waals surface area contributed by atoms with Crippen LogP contribution in [0.3, 0.4) is 0 Å². The van der Waals surface area contributed by atoms with E-state index in [1.807, 2.05) is 0 Å². The highest BCUT2D eigenvalue weighted by atomic mass is 19.4. The van der Waals surface area contributed by atoms with Crippen molar-refractivity contribution in [2.75, 3.05) is 29.4 Å². The van der Waals surface area contributed by atoms with Crippen LogP contribution >= 0.6 is 0 Å². The molecule has 9 heteroatoms. The predicted molar refractivity (Wildman–Crippen MR) is 101 cm³/mol. The Morgan fingerprint density at radius 1 is 1.07 bits per heavy atom. The van der Waals surface area contributed by atoms with Crippen molar-refractivity contribution in [3.8, 4) is 0 Å². The number of hydroxylamine groups is 1. The number of amides is 2. The summed E-state index contributed by atoms with van der Waals surface area (Å²) in [5.74, 6) is -0.915. The molecule has 0 bridgehead atoms. The smallest absolute Gasteiger partial charge is 0.360 e. The van der Waals surface area contributed by atoms with Gasteiger partial charge in [-0.3, -0.25) is 14.8 Å². The normalized spacial score (nSPS) is 15.1. The Kier molecular flexibility index (Phi) is 5.88. The molecule has 1 aliphatic rings. The maximum atomic E-state index is 12.7. The average Bonchev–Trinajstić information content (AvgIpc) is 2.71. The molecule has 0 aromatic heterocycles. The van der Waals surface area contributed by atoms with Crippen molar-refractivity contribution in [2.45, 2.75) is 6.18 Å². The van der Waals surface area contributed by atoms with E-state index in [1.54, 1.807) is 34.1 Å². The lowest BCUT2D eigenvalue weighted by Gasteiger charge is -2.36. The van der Waals surface area contributed by atoms with Gasteiger partial charge < -0.3 is 9.80 Å². The second kappa shape index (κ2) is 8.36. The molecule has 0 spiro atoms. The number of piperazine rings is 1. The Labute approximate surface area is 164 Å². The largest absolute Gasteiger partial charge is 0.416 e. The molecular weight excluding hydrogens is 387 g/mol. The Bertz CT molecular complexity index is 927. The molecule has 2 amide bonds. The molecule has 0 aliphatic carbocycles. The lowest BCUT2D eigenvalue weighted by atomic mass is 10.1. The van der Waals surface area contributed by atoms with Gasteiger partial charge in [-0.2, -0.15) is 13.2 Å². The molecule has 3 rings (SSSR count). The highest BCUT2D eigenvalue weighted by Crippen LogP contribution is 2.31. The van der Waals surface area contributed by atoms with Gasteiger partial charge in [-0.1, -0.05) is 18.2 Å². The van der Waals surface area contributed by atoms with Gasteiger partial charge in [-0.15, -0.1) is 0 Å². The number of anilines is 2. The molecular formula is C20H18F3N3O3. The third kappa shape index (κ3) is 4.75. The van der Waals surface area contributed by atoms with Gasteiger partial charge in [-0.25, -0.2) is 5.48 Å². The zero-order valence-electron chi connectivity index (χ0n) is 15.2. The monoisotopic (exact) mass is 405 g/mol. The lowest BCUT2D eigenvalue weighted by molar-refractivity contribution is -0.137. The number of rotatable bonds is 4. The van der Waals surface area contributed by atoms with E-state index in [-0.39, 0.29) is 12.5 Å². The Hall–Kier alpha value is -3.33. The van der Waals surface area contributed by atoms with Gasteiger partial charge >= 0.3 is 6.18 Å². The molecule has 1 aliphatic heterocycles. The van der Waals surface area contributed by atoms with Crippen molar-refractivity contribution >= 4 is 29.3 Å². The standard InChI is InChI=1S/C20H18F3N3O3/c21-20(22,23)15-6-8-16(9-7-15)25-11-12-26(19(28)13-25)17-4-2-1-3-14(17)5-10-18(27)24-29/h1-10,29H,11-13H2,(H,24,27)/b10-5+. The van der Waals surface area contributed by atoms with Crippen LogP contribution in [0.2, 0.25) is 0 Å². The number of alkyl halides is 3. The molecule has 2 aromatic carbocycles. The summed E-state index contributed by atoms with van der Waals surface area (Å²) in [6.45, 7) is 0.781. The number of hydrogen-bond acceptors (Lipinski definition) is 4. The second-order valence-electron chi connectivity index (χ2n) is 6.38. The molecule has 6 nitrogen and oxygen atoms in total. The number of hydrogen-bond donors (Lipinski definition) is 2. The van der Waals surface area contributed by atoms with E-state index < -0.39 is 17.6 Å². The molecule has 0 atom stereocenters. The van der Waals surface area contributed by atoms with E-state index in [1.165, 1.54) is 23.7 Å². The molecule has 2 aromatic rings. The summed E-state index contributed by atoms with van der Waals surface area (Å²) in [4.78, 5) is 27.2. The van der Waals surface area contributed by atoms with Crippen LogP contribution in [0.5, 0.6) is 0 Å². The van der Waals surface area contributed by atoms with Crippen molar-refractivity contribution < 1.29 is 28.0 Å². The van der Waals surface area contributed by atoms with Gasteiger partial charge in [0.2, 0.25) is 5.91 Å². The van der Waals surface area contributed by atoms with E-state index in [0.29, 0.717) is 30.0 Å². The third-order valence-electron chi connectivity index (χ3n) is 4.53. The second-order valence-corrected chi connectivity index (χ2v) is 6.38. The minimum atomic E-state index is -4.41. The fourth-order valence-electron chi connectivity index (χ4n) is 3.09. The Balaban J connectivity index is 1.75. The molecule has 1 saturated heterocycles. The van der Waals surface area contributed by atoms with Crippen LogP contribution in [0, 0.1) is 0 Å². The van der Waals surface area contributed by atoms with E-state index in [2.05, 4.69) is 0 Å². The summed E-state index contributed by atoms with van der Waals surface area (Å²) in [6.07, 6.45) is -1.78. The highest BCUT2D eigenvalue weighted by Gasteiger charge is 2.31. The molecule has 0 saturated carbocycles. The van der Waals surface area contributed by atoms with E-state index in [0.717, 1.165) is 18.2 Å². The van der Waals surface area contributed by atoms with E-state index in [9.17, 15) is 22.8 Å². The first-order chi connectivity index (χ1) is 13.8. The van der Waals surface area contributed by atoms with Gasteiger partial charge in [0.1, 0.15) is 0 Å². The van der Waals surface area contributed by atoms with Crippen LogP contribution in [-0.2, 0) is 15.8 Å². The SMILES string of the molecule is O=C(/C=C/c1ccccc1N1CCN(c2ccc(C(F)(F)F)cc2)CC1=O)NO. The molecule has 29 heavy (non-hydrogen) atoms. The van der Waals surface area contributed by atoms with Crippen LogP contribution in [0.15, 0.2) is 54.6 Å². The fraction of sp³-hybridized carbons (Fsp3) is 0.200. The van der Waals surface area contributed by atoms with Crippen LogP contribution in [0.25, 0.3) is 6.08 Å². The molecule has 1 fully saturated rings. The van der Waals surface area contributed by atoms with E-state index >= 15 is 0 Å². The number of nitrogens with one attached hydrogen (secondary N) is 1. The molecule has 0 unspecified atom stereocenters. The lowest BCUT2D eigenvalue weighted by Crippen LogP contribution is -2.50. The van der Waals surface area contributed by atoms with Gasteiger partial charge in [0.15, 0.2) is 0 Å². The molecule has 2 N–H and O–H groups in total. The van der Waals surface area contributed by atoms with Crippen molar-refractivity contribution in [1.29, 1.82) is 0 Å². The summed E-state index contributed by atoms with van der Waals surface area (Å²) in [5, 5.41) is 8.59. The first-order valence-electron chi connectivity index (χ1n) is 8.73. The van der Waals surface area contributed by atoms with Gasteiger partial charge in [0.05, 0.1) is 17.8 Å². The average molecular weight is 405 g/mol. The summed E-state index contributed by atoms with van der Waals surface area (Å²) >= 11 is 0. The third-order valence-corrected chi connectivity index (χ3v) is 4.53. The molecule has 152 valence electrons. The number of carbonyl (C=O) groups excluding carboxylic acids is 2. The first-order valence-corrected chi connectivity index (χ1v) is 8.73. The number of para-hydroxylation sites is 1. The predicted octanol–water partition coefficient (Wildman–Crippen LogP) is 3.08. The van der Waals surface area contributed by atoms with Crippen molar-refractivity contribution in [3.63, 3.8) is 0 Å². The van der Waals surface area contributed by atoms with Crippen molar-refractivity contribution in [1.82, 2.24) is 5.48 Å². The van der Waals surface area contributed by atoms with Crippen molar-refractivity contribution in [3.05, 3.63) is 65.7 Å². The summed E-state index contributed by atoms with van der Waals surface area (Å²) in [5.41, 5.74) is 2.52. The van der Waals surface area contributed by atoms with Crippen LogP contribution in [0.1, 0.15) is 11.1 Å². The molecule has 1 heterocycles. The highest BCUT2D eigenvalue weighted by molar-refractivity contribution is 6.00. The molecule has 0 radical (unpaired) electrons. The van der Waals surface area contributed by atoms with Crippen molar-refractivity contribution in [2.24, 2.45) is 0 Å². The minimum absolute atomic E-state index is 0.0144. The zero-order valence-corrected chi connectivity index (χ0v) is 15.2. The number of benzene rings is 2.